The lowest BCUT2D eigenvalue weighted by Crippen LogP contribution is -2.55. The highest BCUT2D eigenvalue weighted by molar-refractivity contribution is 7.92. The standard InChI is InChI=1S/C24H29ClN4O6S3/c25-22-11-10-19(36-22)12-15-37(32,33)27-21-9-5-13-28(24(21)31)17-23(30)29-14-4-6-18(29)16-26-38(34,35)20-7-2-1-3-8-20/h1-3,7-8,10-12,15,18,21,26-27H,4-6,9,13-14,16-17H2/b15-12+. The lowest BCUT2D eigenvalue weighted by Gasteiger charge is -2.34. The molecule has 2 aromatic rings. The number of rotatable bonds is 10. The third-order valence-electron chi connectivity index (χ3n) is 6.43. The molecular weight excluding hydrogens is 572 g/mol. The van der Waals surface area contributed by atoms with Crippen molar-refractivity contribution >= 4 is 60.9 Å². The van der Waals surface area contributed by atoms with Gasteiger partial charge in [-0.05, 0) is 56.0 Å². The van der Waals surface area contributed by atoms with Gasteiger partial charge >= 0.3 is 0 Å². The number of sulfonamides is 2. The number of likely N-dealkylation sites (tertiary alicyclic amines) is 2. The van der Waals surface area contributed by atoms with Gasteiger partial charge in [-0.1, -0.05) is 29.8 Å². The zero-order valence-electron chi connectivity index (χ0n) is 20.5. The van der Waals surface area contributed by atoms with Gasteiger partial charge in [0.25, 0.3) is 0 Å². The number of piperidine rings is 1. The summed E-state index contributed by atoms with van der Waals surface area (Å²) >= 11 is 7.10. The van der Waals surface area contributed by atoms with Gasteiger partial charge in [-0.25, -0.2) is 21.6 Å². The molecule has 2 fully saturated rings. The predicted molar refractivity (Wildman–Crippen MR) is 146 cm³/mol. The van der Waals surface area contributed by atoms with Crippen molar-refractivity contribution in [1.29, 1.82) is 0 Å². The number of carbonyl (C=O) groups is 2. The molecule has 0 spiro atoms. The third-order valence-corrected chi connectivity index (χ3v) is 10.2. The van der Waals surface area contributed by atoms with Gasteiger partial charge in [-0.3, -0.25) is 9.59 Å². The van der Waals surface area contributed by atoms with Crippen molar-refractivity contribution < 1.29 is 26.4 Å². The summed E-state index contributed by atoms with van der Waals surface area (Å²) in [6, 6.07) is 10.1. The number of amides is 2. The average Bonchev–Trinajstić information content (AvgIpc) is 3.53. The van der Waals surface area contributed by atoms with Crippen LogP contribution in [0, 0.1) is 0 Å². The Kier molecular flexibility index (Phi) is 9.27. The van der Waals surface area contributed by atoms with Crippen LogP contribution in [-0.2, 0) is 29.6 Å². The Morgan fingerprint density at radius 3 is 2.50 bits per heavy atom. The molecule has 2 aliphatic heterocycles. The normalized spacial score (nSPS) is 20.9. The maximum absolute atomic E-state index is 13.1. The Morgan fingerprint density at radius 1 is 1.05 bits per heavy atom. The van der Waals surface area contributed by atoms with Gasteiger partial charge in [0.1, 0.15) is 6.04 Å². The molecule has 2 amide bonds. The molecule has 38 heavy (non-hydrogen) atoms. The van der Waals surface area contributed by atoms with E-state index in [1.54, 1.807) is 35.2 Å². The summed E-state index contributed by atoms with van der Waals surface area (Å²) in [6.07, 6.45) is 3.64. The van der Waals surface area contributed by atoms with Crippen molar-refractivity contribution in [2.24, 2.45) is 0 Å². The molecule has 3 heterocycles. The Bertz CT molecular complexity index is 1400. The van der Waals surface area contributed by atoms with Crippen LogP contribution in [0.15, 0.2) is 52.8 Å². The van der Waals surface area contributed by atoms with Crippen molar-refractivity contribution in [1.82, 2.24) is 19.2 Å². The van der Waals surface area contributed by atoms with E-state index in [-0.39, 0.29) is 29.9 Å². The van der Waals surface area contributed by atoms with Crippen molar-refractivity contribution in [3.05, 3.63) is 57.1 Å². The summed E-state index contributed by atoms with van der Waals surface area (Å²) in [5.41, 5.74) is 0. The summed E-state index contributed by atoms with van der Waals surface area (Å²) in [4.78, 5) is 29.9. The molecule has 2 unspecified atom stereocenters. The number of hydrogen-bond donors (Lipinski definition) is 2. The molecule has 2 atom stereocenters. The summed E-state index contributed by atoms with van der Waals surface area (Å²) in [5, 5.41) is 0.998. The first-order valence-electron chi connectivity index (χ1n) is 12.1. The van der Waals surface area contributed by atoms with E-state index in [9.17, 15) is 26.4 Å². The molecule has 2 N–H and O–H groups in total. The number of carbonyl (C=O) groups excluding carboxylic acids is 2. The van der Waals surface area contributed by atoms with Crippen LogP contribution >= 0.6 is 22.9 Å². The Labute approximate surface area is 231 Å². The van der Waals surface area contributed by atoms with Crippen molar-refractivity contribution in [2.75, 3.05) is 26.2 Å². The molecule has 0 saturated carbocycles. The summed E-state index contributed by atoms with van der Waals surface area (Å²) in [5.74, 6) is -0.751. The molecule has 10 nitrogen and oxygen atoms in total. The molecule has 0 bridgehead atoms. The molecule has 2 aliphatic rings. The number of benzene rings is 1. The largest absolute Gasteiger partial charge is 0.337 e. The van der Waals surface area contributed by atoms with Crippen molar-refractivity contribution in [3.63, 3.8) is 0 Å². The molecule has 1 aromatic carbocycles. The first-order valence-corrected chi connectivity index (χ1v) is 16.4. The van der Waals surface area contributed by atoms with E-state index < -0.39 is 32.0 Å². The van der Waals surface area contributed by atoms with Crippen LogP contribution in [0.4, 0.5) is 0 Å². The topological polar surface area (TPSA) is 133 Å². The van der Waals surface area contributed by atoms with Gasteiger partial charge in [0.15, 0.2) is 0 Å². The SMILES string of the molecule is O=C1C(NS(=O)(=O)/C=C/c2ccc(Cl)s2)CCCN1CC(=O)N1CCCC1CNS(=O)(=O)c1ccccc1. The number of nitrogens with zero attached hydrogens (tertiary/aromatic N) is 2. The Hall–Kier alpha value is -2.29. The zero-order chi connectivity index (χ0) is 27.3. The van der Waals surface area contributed by atoms with Crippen LogP contribution in [0.1, 0.15) is 30.6 Å². The summed E-state index contributed by atoms with van der Waals surface area (Å²) in [6.45, 7) is 0.682. The fourth-order valence-electron chi connectivity index (χ4n) is 4.54. The van der Waals surface area contributed by atoms with Crippen LogP contribution in [-0.4, -0.2) is 76.7 Å². The maximum atomic E-state index is 13.1. The van der Waals surface area contributed by atoms with Gasteiger partial charge in [0, 0.05) is 36.0 Å². The lowest BCUT2D eigenvalue weighted by molar-refractivity contribution is -0.143. The molecular formula is C24H29ClN4O6S3. The molecule has 14 heteroatoms. The van der Waals surface area contributed by atoms with Crippen molar-refractivity contribution in [2.45, 2.75) is 42.7 Å². The molecule has 1 aromatic heterocycles. The maximum Gasteiger partial charge on any atom is 0.242 e. The van der Waals surface area contributed by atoms with E-state index in [2.05, 4.69) is 9.44 Å². The van der Waals surface area contributed by atoms with Gasteiger partial charge in [-0.2, -0.15) is 4.72 Å². The van der Waals surface area contributed by atoms with Crippen LogP contribution in [0.5, 0.6) is 0 Å². The molecule has 206 valence electrons. The monoisotopic (exact) mass is 600 g/mol. The highest BCUT2D eigenvalue weighted by Gasteiger charge is 2.35. The molecule has 4 rings (SSSR count). The highest BCUT2D eigenvalue weighted by Crippen LogP contribution is 2.23. The van der Waals surface area contributed by atoms with E-state index in [1.165, 1.54) is 34.4 Å². The van der Waals surface area contributed by atoms with E-state index >= 15 is 0 Å². The second-order valence-corrected chi connectivity index (χ2v) is 14.2. The van der Waals surface area contributed by atoms with Crippen LogP contribution in [0.25, 0.3) is 6.08 Å². The van der Waals surface area contributed by atoms with Gasteiger partial charge < -0.3 is 9.80 Å². The molecule has 0 radical (unpaired) electrons. The number of thiophene rings is 1. The average molecular weight is 601 g/mol. The van der Waals surface area contributed by atoms with Crippen LogP contribution in [0.2, 0.25) is 4.34 Å². The first-order chi connectivity index (χ1) is 18.0. The quantitative estimate of drug-likeness (QED) is 0.430. The highest BCUT2D eigenvalue weighted by atomic mass is 35.5. The predicted octanol–water partition coefficient (Wildman–Crippen LogP) is 2.25. The van der Waals surface area contributed by atoms with Crippen molar-refractivity contribution in [3.8, 4) is 0 Å². The minimum Gasteiger partial charge on any atom is -0.337 e. The van der Waals surface area contributed by atoms with E-state index in [0.29, 0.717) is 41.6 Å². The second kappa shape index (κ2) is 12.3. The Morgan fingerprint density at radius 2 is 1.79 bits per heavy atom. The van der Waals surface area contributed by atoms with E-state index in [0.717, 1.165) is 11.8 Å². The minimum atomic E-state index is -3.90. The van der Waals surface area contributed by atoms with Crippen LogP contribution < -0.4 is 9.44 Å². The van der Waals surface area contributed by atoms with E-state index in [1.807, 2.05) is 0 Å². The van der Waals surface area contributed by atoms with Crippen LogP contribution in [0.3, 0.4) is 0 Å². The Balaban J connectivity index is 1.33. The number of hydrogen-bond acceptors (Lipinski definition) is 7. The van der Waals surface area contributed by atoms with Gasteiger partial charge in [-0.15, -0.1) is 11.3 Å². The fourth-order valence-corrected chi connectivity index (χ4v) is 7.70. The summed E-state index contributed by atoms with van der Waals surface area (Å²) < 4.78 is 55.7. The minimum absolute atomic E-state index is 0.0706. The summed E-state index contributed by atoms with van der Waals surface area (Å²) in [7, 11) is -7.61. The van der Waals surface area contributed by atoms with Gasteiger partial charge in [0.05, 0.1) is 15.8 Å². The second-order valence-electron chi connectivity index (χ2n) is 9.11. The molecule has 2 saturated heterocycles. The lowest BCUT2D eigenvalue weighted by atomic mass is 10.1. The molecule has 0 aliphatic carbocycles. The smallest absolute Gasteiger partial charge is 0.242 e. The van der Waals surface area contributed by atoms with E-state index in [4.69, 9.17) is 11.6 Å². The van der Waals surface area contributed by atoms with Gasteiger partial charge in [0.2, 0.25) is 31.9 Å². The number of halogens is 1. The fraction of sp³-hybridized carbons (Fsp3) is 0.417. The zero-order valence-corrected chi connectivity index (χ0v) is 23.7. The first kappa shape index (κ1) is 28.7. The number of nitrogens with one attached hydrogen (secondary N) is 2. The third kappa shape index (κ3) is 7.42.